The number of pyridine rings is 1. The number of aromatic nitrogens is 2. The summed E-state index contributed by atoms with van der Waals surface area (Å²) in [6.07, 6.45) is 7.56. The van der Waals surface area contributed by atoms with Crippen LogP contribution in [0.5, 0.6) is 11.5 Å². The molecule has 0 saturated carbocycles. The first kappa shape index (κ1) is 23.0. The number of benzene rings is 2. The fourth-order valence-electron chi connectivity index (χ4n) is 5.10. The number of carbonyl (C=O) groups is 1. The lowest BCUT2D eigenvalue weighted by molar-refractivity contribution is 0.0713. The van der Waals surface area contributed by atoms with Gasteiger partial charge in [0.1, 0.15) is 18.1 Å². The smallest absolute Gasteiger partial charge is 0.253 e. The van der Waals surface area contributed by atoms with Crippen LogP contribution in [-0.2, 0) is 6.61 Å². The van der Waals surface area contributed by atoms with E-state index >= 15 is 0 Å². The van der Waals surface area contributed by atoms with Crippen molar-refractivity contribution in [3.05, 3.63) is 88.9 Å². The summed E-state index contributed by atoms with van der Waals surface area (Å²) in [7, 11) is 1.69. The van der Waals surface area contributed by atoms with Gasteiger partial charge in [-0.1, -0.05) is 6.07 Å². The number of nitrogens with zero attached hydrogens (tertiary/aromatic N) is 2. The molecule has 1 amide bonds. The third kappa shape index (κ3) is 4.74. The Hall–Kier alpha value is -3.80. The molecule has 2 aromatic heterocycles. The molecule has 0 bridgehead atoms. The number of ether oxygens (including phenoxy) is 2. The van der Waals surface area contributed by atoms with Crippen molar-refractivity contribution < 1.29 is 14.3 Å². The first-order valence-corrected chi connectivity index (χ1v) is 12.1. The van der Waals surface area contributed by atoms with Crippen LogP contribution in [0.3, 0.4) is 0 Å². The topological polar surface area (TPSA) is 67.5 Å². The summed E-state index contributed by atoms with van der Waals surface area (Å²) in [5, 5.41) is 1.21. The Kier molecular flexibility index (Phi) is 6.45. The Morgan fingerprint density at radius 1 is 1.11 bits per heavy atom. The second-order valence-corrected chi connectivity index (χ2v) is 9.31. The zero-order valence-corrected chi connectivity index (χ0v) is 20.5. The molecule has 0 aliphatic carbocycles. The number of likely N-dealkylation sites (tertiary alicyclic amines) is 1. The minimum Gasteiger partial charge on any atom is -0.497 e. The highest BCUT2D eigenvalue weighted by atomic mass is 16.5. The van der Waals surface area contributed by atoms with Crippen molar-refractivity contribution in [3.8, 4) is 11.5 Å². The average molecular weight is 470 g/mol. The Labute approximate surface area is 205 Å². The van der Waals surface area contributed by atoms with Gasteiger partial charge in [-0.2, -0.15) is 0 Å². The van der Waals surface area contributed by atoms with E-state index in [0.717, 1.165) is 65.2 Å². The summed E-state index contributed by atoms with van der Waals surface area (Å²) in [6, 6.07) is 13.9. The van der Waals surface area contributed by atoms with E-state index in [4.69, 9.17) is 9.47 Å². The monoisotopic (exact) mass is 469 g/mol. The van der Waals surface area contributed by atoms with Gasteiger partial charge in [-0.3, -0.25) is 9.78 Å². The van der Waals surface area contributed by atoms with Gasteiger partial charge < -0.3 is 19.4 Å². The van der Waals surface area contributed by atoms with Crippen LogP contribution >= 0.6 is 0 Å². The Morgan fingerprint density at radius 2 is 1.89 bits per heavy atom. The Balaban J connectivity index is 1.25. The van der Waals surface area contributed by atoms with E-state index in [1.54, 1.807) is 19.5 Å². The van der Waals surface area contributed by atoms with Gasteiger partial charge in [0.2, 0.25) is 0 Å². The summed E-state index contributed by atoms with van der Waals surface area (Å²) in [6.45, 7) is 5.95. The molecule has 35 heavy (non-hydrogen) atoms. The molecule has 2 aromatic carbocycles. The Bertz CT molecular complexity index is 1320. The van der Waals surface area contributed by atoms with Crippen LogP contribution < -0.4 is 9.47 Å². The van der Waals surface area contributed by atoms with Crippen LogP contribution in [0.4, 0.5) is 0 Å². The van der Waals surface area contributed by atoms with E-state index in [1.807, 2.05) is 49.1 Å². The highest BCUT2D eigenvalue weighted by Crippen LogP contribution is 2.35. The minimum absolute atomic E-state index is 0.0917. The van der Waals surface area contributed by atoms with Crippen LogP contribution in [0.15, 0.2) is 61.1 Å². The minimum atomic E-state index is 0.0917. The van der Waals surface area contributed by atoms with Gasteiger partial charge in [0.25, 0.3) is 5.91 Å². The lowest BCUT2D eigenvalue weighted by Crippen LogP contribution is -2.38. The number of amides is 1. The maximum Gasteiger partial charge on any atom is 0.253 e. The molecule has 6 nitrogen and oxygen atoms in total. The second kappa shape index (κ2) is 9.82. The summed E-state index contributed by atoms with van der Waals surface area (Å²) < 4.78 is 11.5. The number of hydrogen-bond donors (Lipinski definition) is 1. The zero-order valence-electron chi connectivity index (χ0n) is 20.5. The number of nitrogens with one attached hydrogen (secondary N) is 1. The number of aryl methyl sites for hydroxylation is 2. The lowest BCUT2D eigenvalue weighted by atomic mass is 9.89. The Morgan fingerprint density at radius 3 is 2.57 bits per heavy atom. The van der Waals surface area contributed by atoms with E-state index in [-0.39, 0.29) is 5.91 Å². The molecule has 0 atom stereocenters. The van der Waals surface area contributed by atoms with Crippen LogP contribution in [-0.4, -0.2) is 41.0 Å². The third-order valence-corrected chi connectivity index (χ3v) is 6.96. The molecule has 1 N–H and O–H groups in total. The van der Waals surface area contributed by atoms with Crippen molar-refractivity contribution in [3.63, 3.8) is 0 Å². The third-order valence-electron chi connectivity index (χ3n) is 6.96. The van der Waals surface area contributed by atoms with Crippen LogP contribution in [0.1, 0.15) is 51.4 Å². The van der Waals surface area contributed by atoms with Crippen molar-refractivity contribution in [2.75, 3.05) is 20.2 Å². The molecule has 0 radical (unpaired) electrons. The van der Waals surface area contributed by atoms with Crippen molar-refractivity contribution in [2.45, 2.75) is 39.2 Å². The molecule has 180 valence electrons. The number of H-pyrrole nitrogens is 1. The first-order chi connectivity index (χ1) is 17.0. The van der Waals surface area contributed by atoms with Gasteiger partial charge in [0, 0.05) is 53.7 Å². The highest BCUT2D eigenvalue weighted by molar-refractivity contribution is 5.95. The first-order valence-electron chi connectivity index (χ1n) is 12.1. The average Bonchev–Trinajstić information content (AvgIpc) is 3.31. The number of aromatic amines is 1. The normalized spacial score (nSPS) is 14.3. The molecule has 0 unspecified atom stereocenters. The molecule has 5 rings (SSSR count). The predicted molar refractivity (Wildman–Crippen MR) is 137 cm³/mol. The van der Waals surface area contributed by atoms with Gasteiger partial charge in [0.15, 0.2) is 0 Å². The van der Waals surface area contributed by atoms with E-state index < -0.39 is 0 Å². The fourth-order valence-corrected chi connectivity index (χ4v) is 5.10. The maximum absolute atomic E-state index is 13.3. The second-order valence-electron chi connectivity index (χ2n) is 9.31. The molecular formula is C29H31N3O3. The molecule has 3 heterocycles. The van der Waals surface area contributed by atoms with Crippen molar-refractivity contribution >= 4 is 16.8 Å². The largest absolute Gasteiger partial charge is 0.497 e. The van der Waals surface area contributed by atoms with Gasteiger partial charge in [-0.25, -0.2) is 0 Å². The molecule has 1 saturated heterocycles. The van der Waals surface area contributed by atoms with Gasteiger partial charge in [0.05, 0.1) is 7.11 Å². The number of carbonyl (C=O) groups excluding carboxylic acids is 1. The van der Waals surface area contributed by atoms with Gasteiger partial charge in [-0.15, -0.1) is 0 Å². The summed E-state index contributed by atoms with van der Waals surface area (Å²) in [5.74, 6) is 2.21. The van der Waals surface area contributed by atoms with Crippen LogP contribution in [0.2, 0.25) is 0 Å². The van der Waals surface area contributed by atoms with Crippen molar-refractivity contribution in [2.24, 2.45) is 0 Å². The molecular weight excluding hydrogens is 438 g/mol. The van der Waals surface area contributed by atoms with Crippen molar-refractivity contribution in [1.82, 2.24) is 14.9 Å². The van der Waals surface area contributed by atoms with Crippen molar-refractivity contribution in [1.29, 1.82) is 0 Å². The summed E-state index contributed by atoms with van der Waals surface area (Å²) in [5.41, 5.74) is 6.12. The molecule has 0 spiro atoms. The van der Waals surface area contributed by atoms with Crippen LogP contribution in [0, 0.1) is 13.8 Å². The van der Waals surface area contributed by atoms with Crippen LogP contribution in [0.25, 0.3) is 10.9 Å². The van der Waals surface area contributed by atoms with Gasteiger partial charge in [-0.05, 0) is 85.7 Å². The van der Waals surface area contributed by atoms with Gasteiger partial charge >= 0.3 is 0 Å². The summed E-state index contributed by atoms with van der Waals surface area (Å²) in [4.78, 5) is 22.8. The highest BCUT2D eigenvalue weighted by Gasteiger charge is 2.27. The molecule has 1 aliphatic rings. The molecule has 1 aliphatic heterocycles. The van der Waals surface area contributed by atoms with E-state index in [0.29, 0.717) is 12.5 Å². The molecule has 6 heteroatoms. The van der Waals surface area contributed by atoms with E-state index in [9.17, 15) is 4.79 Å². The molecule has 4 aromatic rings. The van der Waals surface area contributed by atoms with E-state index in [1.165, 1.54) is 10.9 Å². The zero-order chi connectivity index (χ0) is 24.4. The number of hydrogen-bond acceptors (Lipinski definition) is 4. The predicted octanol–water partition coefficient (Wildman–Crippen LogP) is 5.79. The molecule has 1 fully saturated rings. The number of rotatable bonds is 6. The lowest BCUT2D eigenvalue weighted by Gasteiger charge is -2.32. The standard InChI is InChI=1S/C29H31N3O3/c1-19-13-23(14-20(2)28(19)35-18-21-5-4-10-30-16-21)29(33)32-11-8-22(9-12-32)26-17-31-27-7-6-24(34-3)15-25(26)27/h4-7,10,13-17,22,31H,8-9,11-12,18H2,1-3H3. The number of methoxy groups -OCH3 is 1. The maximum atomic E-state index is 13.3. The quantitative estimate of drug-likeness (QED) is 0.388. The number of piperidine rings is 1. The fraction of sp³-hybridized carbons (Fsp3) is 0.310. The number of fused-ring (bicyclic) bond motifs is 1. The van der Waals surface area contributed by atoms with E-state index in [2.05, 4.69) is 28.3 Å². The SMILES string of the molecule is COc1ccc2[nH]cc(C3CCN(C(=O)c4cc(C)c(OCc5cccnc5)c(C)c4)CC3)c2c1. The summed E-state index contributed by atoms with van der Waals surface area (Å²) >= 11 is 0.